The summed E-state index contributed by atoms with van der Waals surface area (Å²) in [6, 6.07) is 8.32. The van der Waals surface area contributed by atoms with Crippen LogP contribution in [0.15, 0.2) is 24.3 Å². The lowest BCUT2D eigenvalue weighted by Crippen LogP contribution is -2.26. The van der Waals surface area contributed by atoms with E-state index < -0.39 is 0 Å². The van der Waals surface area contributed by atoms with Gasteiger partial charge in [0.25, 0.3) is 0 Å². The molecule has 1 rings (SSSR count). The number of methoxy groups -OCH3 is 2. The summed E-state index contributed by atoms with van der Waals surface area (Å²) in [6.45, 7) is 5.03. The van der Waals surface area contributed by atoms with E-state index in [4.69, 9.17) is 14.2 Å². The van der Waals surface area contributed by atoms with Gasteiger partial charge in [0.05, 0.1) is 33.0 Å². The van der Waals surface area contributed by atoms with Crippen molar-refractivity contribution < 1.29 is 14.2 Å². The first-order valence-electron chi connectivity index (χ1n) is 6.75. The number of hydrogen-bond acceptors (Lipinski definition) is 4. The molecule has 0 saturated heterocycles. The van der Waals surface area contributed by atoms with Crippen molar-refractivity contribution in [3.8, 4) is 5.75 Å². The molecule has 4 nitrogen and oxygen atoms in total. The third kappa shape index (κ3) is 6.05. The fourth-order valence-electron chi connectivity index (χ4n) is 1.77. The van der Waals surface area contributed by atoms with Crippen LogP contribution < -0.4 is 10.1 Å². The van der Waals surface area contributed by atoms with Crippen molar-refractivity contribution in [3.63, 3.8) is 0 Å². The van der Waals surface area contributed by atoms with E-state index in [1.54, 1.807) is 14.2 Å². The molecule has 0 saturated carbocycles. The Morgan fingerprint density at radius 1 is 1.11 bits per heavy atom. The number of benzene rings is 1. The maximum Gasteiger partial charge on any atom is 0.118 e. The lowest BCUT2D eigenvalue weighted by Gasteiger charge is -2.19. The summed E-state index contributed by atoms with van der Waals surface area (Å²) in [5.41, 5.74) is 1.21. The predicted octanol–water partition coefficient (Wildman–Crippen LogP) is 2.40. The van der Waals surface area contributed by atoms with Crippen LogP contribution in [0, 0.1) is 0 Å². The van der Waals surface area contributed by atoms with E-state index in [2.05, 4.69) is 24.4 Å². The Kier molecular flexibility index (Phi) is 8.21. The van der Waals surface area contributed by atoms with Crippen LogP contribution in [0.3, 0.4) is 0 Å². The van der Waals surface area contributed by atoms with Crippen LogP contribution in [-0.4, -0.2) is 40.6 Å². The largest absolute Gasteiger partial charge is 0.497 e. The maximum atomic E-state index is 5.63. The van der Waals surface area contributed by atoms with Gasteiger partial charge in [-0.05, 0) is 30.7 Å². The van der Waals surface area contributed by atoms with Crippen molar-refractivity contribution in [1.82, 2.24) is 5.32 Å². The van der Waals surface area contributed by atoms with Crippen molar-refractivity contribution in [2.24, 2.45) is 0 Å². The van der Waals surface area contributed by atoms with Crippen LogP contribution in [0.2, 0.25) is 0 Å². The van der Waals surface area contributed by atoms with E-state index in [0.717, 1.165) is 18.7 Å². The van der Waals surface area contributed by atoms with Gasteiger partial charge in [-0.1, -0.05) is 19.1 Å². The monoisotopic (exact) mass is 267 g/mol. The summed E-state index contributed by atoms with van der Waals surface area (Å²) in [6.07, 6.45) is 1.10. The molecule has 0 fully saturated rings. The zero-order valence-electron chi connectivity index (χ0n) is 12.1. The second-order valence-corrected chi connectivity index (χ2v) is 4.35. The average Bonchev–Trinajstić information content (AvgIpc) is 2.47. The van der Waals surface area contributed by atoms with Crippen molar-refractivity contribution in [2.75, 3.05) is 40.6 Å². The summed E-state index contributed by atoms with van der Waals surface area (Å²) in [7, 11) is 3.36. The molecular formula is C15H25NO3. The summed E-state index contributed by atoms with van der Waals surface area (Å²) in [5, 5.41) is 3.49. The van der Waals surface area contributed by atoms with Gasteiger partial charge in [-0.25, -0.2) is 0 Å². The van der Waals surface area contributed by atoms with Crippen LogP contribution in [0.5, 0.6) is 5.75 Å². The molecule has 108 valence electrons. The molecule has 4 heteroatoms. The van der Waals surface area contributed by atoms with E-state index in [0.29, 0.717) is 19.8 Å². The Morgan fingerprint density at radius 3 is 2.42 bits per heavy atom. The lowest BCUT2D eigenvalue weighted by atomic mass is 10.1. The second kappa shape index (κ2) is 9.78. The zero-order chi connectivity index (χ0) is 13.9. The molecule has 0 aromatic heterocycles. The normalized spacial score (nSPS) is 12.4. The number of rotatable bonds is 10. The van der Waals surface area contributed by atoms with Crippen molar-refractivity contribution in [2.45, 2.75) is 19.4 Å². The molecule has 1 aromatic carbocycles. The van der Waals surface area contributed by atoms with Crippen LogP contribution in [0.1, 0.15) is 24.9 Å². The van der Waals surface area contributed by atoms with Gasteiger partial charge < -0.3 is 19.5 Å². The van der Waals surface area contributed by atoms with Crippen LogP contribution in [-0.2, 0) is 9.47 Å². The molecule has 0 aliphatic carbocycles. The summed E-state index contributed by atoms with van der Waals surface area (Å²) in [4.78, 5) is 0. The molecule has 1 unspecified atom stereocenters. The van der Waals surface area contributed by atoms with E-state index >= 15 is 0 Å². The maximum absolute atomic E-state index is 5.63. The third-order valence-electron chi connectivity index (χ3n) is 2.88. The van der Waals surface area contributed by atoms with Gasteiger partial charge in [-0.2, -0.15) is 0 Å². The molecule has 0 amide bonds. The lowest BCUT2D eigenvalue weighted by molar-refractivity contribution is 0.0586. The van der Waals surface area contributed by atoms with E-state index in [1.807, 2.05) is 12.1 Å². The van der Waals surface area contributed by atoms with Crippen molar-refractivity contribution >= 4 is 0 Å². The van der Waals surface area contributed by atoms with Crippen LogP contribution in [0.4, 0.5) is 0 Å². The van der Waals surface area contributed by atoms with Gasteiger partial charge in [0, 0.05) is 7.11 Å². The summed E-state index contributed by atoms with van der Waals surface area (Å²) in [5.74, 6) is 0.873. The molecule has 0 bridgehead atoms. The standard InChI is InChI=1S/C15H25NO3/c1-4-9-16-15(12-19-11-10-17-2)13-5-7-14(18-3)8-6-13/h5-8,15-16H,4,9-12H2,1-3H3. The van der Waals surface area contributed by atoms with E-state index in [-0.39, 0.29) is 6.04 Å². The minimum absolute atomic E-state index is 0.211. The zero-order valence-corrected chi connectivity index (χ0v) is 12.1. The van der Waals surface area contributed by atoms with Crippen LogP contribution in [0.25, 0.3) is 0 Å². The molecule has 0 heterocycles. The molecule has 1 aromatic rings. The Balaban J connectivity index is 2.55. The topological polar surface area (TPSA) is 39.7 Å². The minimum Gasteiger partial charge on any atom is -0.497 e. The average molecular weight is 267 g/mol. The molecule has 1 atom stereocenters. The van der Waals surface area contributed by atoms with Gasteiger partial charge >= 0.3 is 0 Å². The highest BCUT2D eigenvalue weighted by atomic mass is 16.5. The fourth-order valence-corrected chi connectivity index (χ4v) is 1.77. The molecular weight excluding hydrogens is 242 g/mol. The van der Waals surface area contributed by atoms with Gasteiger partial charge in [0.15, 0.2) is 0 Å². The quantitative estimate of drug-likeness (QED) is 0.661. The summed E-state index contributed by atoms with van der Waals surface area (Å²) >= 11 is 0. The number of ether oxygens (including phenoxy) is 3. The van der Waals surface area contributed by atoms with Gasteiger partial charge in [-0.3, -0.25) is 0 Å². The molecule has 1 N–H and O–H groups in total. The molecule has 0 spiro atoms. The van der Waals surface area contributed by atoms with Crippen molar-refractivity contribution in [3.05, 3.63) is 29.8 Å². The smallest absolute Gasteiger partial charge is 0.118 e. The molecule has 19 heavy (non-hydrogen) atoms. The highest BCUT2D eigenvalue weighted by molar-refractivity contribution is 5.29. The first kappa shape index (κ1) is 16.0. The van der Waals surface area contributed by atoms with E-state index in [1.165, 1.54) is 5.56 Å². The van der Waals surface area contributed by atoms with Gasteiger partial charge in [-0.15, -0.1) is 0 Å². The first-order chi connectivity index (χ1) is 9.31. The first-order valence-corrected chi connectivity index (χ1v) is 6.75. The SMILES string of the molecule is CCCNC(COCCOC)c1ccc(OC)cc1. The molecule has 0 aliphatic heterocycles. The number of nitrogens with one attached hydrogen (secondary N) is 1. The molecule has 0 radical (unpaired) electrons. The highest BCUT2D eigenvalue weighted by Crippen LogP contribution is 2.18. The fraction of sp³-hybridized carbons (Fsp3) is 0.600. The number of hydrogen-bond donors (Lipinski definition) is 1. The van der Waals surface area contributed by atoms with Crippen molar-refractivity contribution in [1.29, 1.82) is 0 Å². The predicted molar refractivity (Wildman–Crippen MR) is 76.7 cm³/mol. The highest BCUT2D eigenvalue weighted by Gasteiger charge is 2.10. The Labute approximate surface area is 116 Å². The van der Waals surface area contributed by atoms with Gasteiger partial charge in [0.2, 0.25) is 0 Å². The summed E-state index contributed by atoms with van der Waals surface area (Å²) < 4.78 is 15.8. The minimum atomic E-state index is 0.211. The van der Waals surface area contributed by atoms with Gasteiger partial charge in [0.1, 0.15) is 5.75 Å². The Hall–Kier alpha value is -1.10. The second-order valence-electron chi connectivity index (χ2n) is 4.35. The van der Waals surface area contributed by atoms with E-state index in [9.17, 15) is 0 Å². The Bertz CT molecular complexity index is 327. The third-order valence-corrected chi connectivity index (χ3v) is 2.88. The molecule has 0 aliphatic rings. The van der Waals surface area contributed by atoms with Crippen LogP contribution >= 0.6 is 0 Å². The Morgan fingerprint density at radius 2 is 1.84 bits per heavy atom.